The molecule has 1 saturated heterocycles. The van der Waals surface area contributed by atoms with Crippen molar-refractivity contribution in [3.63, 3.8) is 0 Å². The molecule has 1 aliphatic rings. The van der Waals surface area contributed by atoms with E-state index >= 15 is 0 Å². The summed E-state index contributed by atoms with van der Waals surface area (Å²) in [6.45, 7) is 0.811. The summed E-state index contributed by atoms with van der Waals surface area (Å²) in [5, 5.41) is 2.60. The molecule has 0 aromatic heterocycles. The van der Waals surface area contributed by atoms with Crippen LogP contribution in [0.2, 0.25) is 0 Å². The van der Waals surface area contributed by atoms with E-state index in [0.717, 1.165) is 30.2 Å². The van der Waals surface area contributed by atoms with Crippen molar-refractivity contribution < 1.29 is 18.4 Å². The average molecular weight is 358 g/mol. The maximum absolute atomic E-state index is 13.6. The highest BCUT2D eigenvalue weighted by Gasteiger charge is 2.33. The van der Waals surface area contributed by atoms with E-state index in [4.69, 9.17) is 0 Å². The number of amides is 2. The van der Waals surface area contributed by atoms with E-state index in [0.29, 0.717) is 13.1 Å². The molecule has 0 saturated carbocycles. The molecule has 0 radical (unpaired) electrons. The van der Waals surface area contributed by atoms with Crippen molar-refractivity contribution in [2.45, 2.75) is 19.4 Å². The van der Waals surface area contributed by atoms with Gasteiger partial charge in [0, 0.05) is 31.6 Å². The summed E-state index contributed by atoms with van der Waals surface area (Å²) in [5.41, 5.74) is 1.22. The molecule has 1 atom stereocenters. The van der Waals surface area contributed by atoms with Crippen molar-refractivity contribution in [3.05, 3.63) is 71.3 Å². The second-order valence-electron chi connectivity index (χ2n) is 6.43. The molecule has 2 aromatic rings. The van der Waals surface area contributed by atoms with Gasteiger partial charge < -0.3 is 10.2 Å². The van der Waals surface area contributed by atoms with Crippen LogP contribution in [0.5, 0.6) is 0 Å². The molecule has 0 spiro atoms. The van der Waals surface area contributed by atoms with E-state index in [-0.39, 0.29) is 30.3 Å². The molecular formula is C20H20F2N2O2. The molecule has 3 rings (SSSR count). The lowest BCUT2D eigenvalue weighted by Gasteiger charge is -2.16. The lowest BCUT2D eigenvalue weighted by Crippen LogP contribution is -2.33. The highest BCUT2D eigenvalue weighted by atomic mass is 19.1. The molecule has 136 valence electrons. The van der Waals surface area contributed by atoms with Gasteiger partial charge in [0.15, 0.2) is 0 Å². The van der Waals surface area contributed by atoms with Crippen LogP contribution in [0.1, 0.15) is 17.5 Å². The van der Waals surface area contributed by atoms with Crippen molar-refractivity contribution in [3.8, 4) is 0 Å². The Kier molecular flexibility index (Phi) is 5.61. The minimum absolute atomic E-state index is 0.0574. The van der Waals surface area contributed by atoms with E-state index in [2.05, 4.69) is 5.32 Å². The SMILES string of the molecule is O=C(NCc1cc(F)ccc1F)[C@H]1CC(=O)N(CCc2ccccc2)C1. The third-order valence-electron chi connectivity index (χ3n) is 4.56. The van der Waals surface area contributed by atoms with Crippen LogP contribution in [0.15, 0.2) is 48.5 Å². The second kappa shape index (κ2) is 8.08. The summed E-state index contributed by atoms with van der Waals surface area (Å²) < 4.78 is 26.8. The van der Waals surface area contributed by atoms with E-state index in [1.807, 2.05) is 30.3 Å². The van der Waals surface area contributed by atoms with Gasteiger partial charge in [-0.05, 0) is 30.2 Å². The molecule has 2 aromatic carbocycles. The zero-order chi connectivity index (χ0) is 18.5. The zero-order valence-electron chi connectivity index (χ0n) is 14.3. The summed E-state index contributed by atoms with van der Waals surface area (Å²) in [6.07, 6.45) is 0.877. The lowest BCUT2D eigenvalue weighted by molar-refractivity contribution is -0.129. The van der Waals surface area contributed by atoms with Crippen LogP contribution in [-0.4, -0.2) is 29.8 Å². The van der Waals surface area contributed by atoms with E-state index in [1.165, 1.54) is 0 Å². The van der Waals surface area contributed by atoms with Crippen molar-refractivity contribution in [2.75, 3.05) is 13.1 Å². The Balaban J connectivity index is 1.51. The van der Waals surface area contributed by atoms with Gasteiger partial charge in [-0.3, -0.25) is 9.59 Å². The molecule has 26 heavy (non-hydrogen) atoms. The summed E-state index contributed by atoms with van der Waals surface area (Å²) in [7, 11) is 0. The fourth-order valence-corrected chi connectivity index (χ4v) is 3.08. The molecule has 1 fully saturated rings. The topological polar surface area (TPSA) is 49.4 Å². The minimum atomic E-state index is -0.571. The third-order valence-corrected chi connectivity index (χ3v) is 4.56. The van der Waals surface area contributed by atoms with Crippen LogP contribution in [0.25, 0.3) is 0 Å². The van der Waals surface area contributed by atoms with Crippen molar-refractivity contribution >= 4 is 11.8 Å². The lowest BCUT2D eigenvalue weighted by atomic mass is 10.1. The van der Waals surface area contributed by atoms with Gasteiger partial charge in [-0.2, -0.15) is 0 Å². The van der Waals surface area contributed by atoms with Crippen LogP contribution in [0.4, 0.5) is 8.78 Å². The van der Waals surface area contributed by atoms with Gasteiger partial charge in [0.25, 0.3) is 0 Å². The average Bonchev–Trinajstić information content (AvgIpc) is 3.02. The Morgan fingerprint density at radius 1 is 1.15 bits per heavy atom. The number of carbonyl (C=O) groups excluding carboxylic acids is 2. The maximum Gasteiger partial charge on any atom is 0.225 e. The molecule has 1 aliphatic heterocycles. The molecule has 0 aliphatic carbocycles. The molecule has 0 bridgehead atoms. The molecule has 1 heterocycles. The fourth-order valence-electron chi connectivity index (χ4n) is 3.08. The van der Waals surface area contributed by atoms with Gasteiger partial charge in [0.05, 0.1) is 5.92 Å². The first-order valence-corrected chi connectivity index (χ1v) is 8.56. The maximum atomic E-state index is 13.6. The highest BCUT2D eigenvalue weighted by molar-refractivity contribution is 5.89. The number of halogens is 2. The molecule has 0 unspecified atom stereocenters. The van der Waals surface area contributed by atoms with Crippen molar-refractivity contribution in [2.24, 2.45) is 5.92 Å². The number of nitrogens with one attached hydrogen (secondary N) is 1. The first-order valence-electron chi connectivity index (χ1n) is 8.56. The molecule has 4 nitrogen and oxygen atoms in total. The predicted octanol–water partition coefficient (Wildman–Crippen LogP) is 2.67. The molecule has 1 N–H and O–H groups in total. The highest BCUT2D eigenvalue weighted by Crippen LogP contribution is 2.19. The number of carbonyl (C=O) groups is 2. The normalized spacial score (nSPS) is 16.8. The quantitative estimate of drug-likeness (QED) is 0.863. The first kappa shape index (κ1) is 18.0. The van der Waals surface area contributed by atoms with Gasteiger partial charge in [-0.1, -0.05) is 30.3 Å². The number of hydrogen-bond donors (Lipinski definition) is 1. The van der Waals surface area contributed by atoms with Gasteiger partial charge in [0.1, 0.15) is 11.6 Å². The molecule has 6 heteroatoms. The number of benzene rings is 2. The Bertz CT molecular complexity index is 796. The Morgan fingerprint density at radius 2 is 1.92 bits per heavy atom. The van der Waals surface area contributed by atoms with Gasteiger partial charge >= 0.3 is 0 Å². The number of nitrogens with zero attached hydrogens (tertiary/aromatic N) is 1. The van der Waals surface area contributed by atoms with Crippen molar-refractivity contribution in [1.82, 2.24) is 10.2 Å². The van der Waals surface area contributed by atoms with Gasteiger partial charge in [0.2, 0.25) is 11.8 Å². The first-order chi connectivity index (χ1) is 12.5. The Labute approximate surface area is 150 Å². The fraction of sp³-hybridized carbons (Fsp3) is 0.300. The molecule has 2 amide bonds. The van der Waals surface area contributed by atoms with Crippen LogP contribution >= 0.6 is 0 Å². The van der Waals surface area contributed by atoms with Crippen LogP contribution < -0.4 is 5.32 Å². The Hall–Kier alpha value is -2.76. The largest absolute Gasteiger partial charge is 0.352 e. The van der Waals surface area contributed by atoms with Crippen LogP contribution in [0.3, 0.4) is 0 Å². The smallest absolute Gasteiger partial charge is 0.225 e. The van der Waals surface area contributed by atoms with E-state index in [9.17, 15) is 18.4 Å². The second-order valence-corrected chi connectivity index (χ2v) is 6.43. The van der Waals surface area contributed by atoms with Crippen LogP contribution in [-0.2, 0) is 22.6 Å². The number of likely N-dealkylation sites (tertiary alicyclic amines) is 1. The van der Waals surface area contributed by atoms with Crippen molar-refractivity contribution in [1.29, 1.82) is 0 Å². The summed E-state index contributed by atoms with van der Waals surface area (Å²) in [5.74, 6) is -1.96. The number of rotatable bonds is 6. The Morgan fingerprint density at radius 3 is 2.69 bits per heavy atom. The minimum Gasteiger partial charge on any atom is -0.352 e. The summed E-state index contributed by atoms with van der Waals surface area (Å²) in [4.78, 5) is 26.1. The monoisotopic (exact) mass is 358 g/mol. The predicted molar refractivity (Wildman–Crippen MR) is 93.0 cm³/mol. The van der Waals surface area contributed by atoms with Gasteiger partial charge in [-0.25, -0.2) is 8.78 Å². The van der Waals surface area contributed by atoms with E-state index < -0.39 is 17.6 Å². The third kappa shape index (κ3) is 4.45. The summed E-state index contributed by atoms with van der Waals surface area (Å²) in [6, 6.07) is 12.9. The van der Waals surface area contributed by atoms with Gasteiger partial charge in [-0.15, -0.1) is 0 Å². The zero-order valence-corrected chi connectivity index (χ0v) is 14.3. The molecular weight excluding hydrogens is 338 g/mol. The standard InChI is InChI=1S/C20H20F2N2O2/c21-17-6-7-18(22)15(10-17)12-23-20(26)16-11-19(25)24(13-16)9-8-14-4-2-1-3-5-14/h1-7,10,16H,8-9,11-13H2,(H,23,26)/t16-/m0/s1. The number of hydrogen-bond acceptors (Lipinski definition) is 2. The summed E-state index contributed by atoms with van der Waals surface area (Å²) >= 11 is 0. The van der Waals surface area contributed by atoms with Crippen LogP contribution in [0, 0.1) is 17.6 Å². The van der Waals surface area contributed by atoms with E-state index in [1.54, 1.807) is 4.90 Å².